The summed E-state index contributed by atoms with van der Waals surface area (Å²) in [6, 6.07) is 4.83. The molecule has 1 fully saturated rings. The molecule has 1 aromatic rings. The zero-order valence-corrected chi connectivity index (χ0v) is 14.2. The molecule has 8 heteroatoms. The SMILES string of the molecule is CC(C)NC(=O)CCN1C(=O)CS[C@H]1c1ccc(C(F)(F)F)cc1. The minimum absolute atomic E-state index is 0.0202. The first-order chi connectivity index (χ1) is 11.2. The molecule has 0 bridgehead atoms. The van der Waals surface area contributed by atoms with Crippen molar-refractivity contribution in [3.63, 3.8) is 0 Å². The molecule has 1 aromatic carbocycles. The Morgan fingerprint density at radius 1 is 1.33 bits per heavy atom. The third-order valence-corrected chi connectivity index (χ3v) is 4.78. The van der Waals surface area contributed by atoms with Crippen LogP contribution in [0.15, 0.2) is 24.3 Å². The number of nitrogens with one attached hydrogen (secondary N) is 1. The van der Waals surface area contributed by atoms with E-state index in [0.29, 0.717) is 5.56 Å². The molecule has 0 unspecified atom stereocenters. The first kappa shape index (κ1) is 18.6. The van der Waals surface area contributed by atoms with Gasteiger partial charge < -0.3 is 10.2 Å². The summed E-state index contributed by atoms with van der Waals surface area (Å²) in [7, 11) is 0. The molecule has 0 spiro atoms. The van der Waals surface area contributed by atoms with Gasteiger partial charge in [-0.05, 0) is 31.5 Å². The van der Waals surface area contributed by atoms with E-state index in [1.54, 1.807) is 4.90 Å². The van der Waals surface area contributed by atoms with Gasteiger partial charge in [-0.25, -0.2) is 0 Å². The number of carbonyl (C=O) groups is 2. The number of carbonyl (C=O) groups excluding carboxylic acids is 2. The van der Waals surface area contributed by atoms with Crippen molar-refractivity contribution in [1.82, 2.24) is 10.2 Å². The van der Waals surface area contributed by atoms with E-state index in [-0.39, 0.29) is 41.9 Å². The maximum absolute atomic E-state index is 12.6. The van der Waals surface area contributed by atoms with E-state index >= 15 is 0 Å². The summed E-state index contributed by atoms with van der Waals surface area (Å²) in [4.78, 5) is 25.3. The second-order valence-corrected chi connectivity index (χ2v) is 6.91. The van der Waals surface area contributed by atoms with Crippen LogP contribution in [-0.2, 0) is 15.8 Å². The lowest BCUT2D eigenvalue weighted by Gasteiger charge is -2.24. The molecule has 24 heavy (non-hydrogen) atoms. The first-order valence-corrected chi connectivity index (χ1v) is 8.61. The fraction of sp³-hybridized carbons (Fsp3) is 0.500. The van der Waals surface area contributed by atoms with Gasteiger partial charge in [0.25, 0.3) is 0 Å². The largest absolute Gasteiger partial charge is 0.416 e. The molecule has 1 N–H and O–H groups in total. The predicted octanol–water partition coefficient (Wildman–Crippen LogP) is 3.19. The van der Waals surface area contributed by atoms with Gasteiger partial charge in [0.1, 0.15) is 5.37 Å². The molecule has 1 aliphatic heterocycles. The third kappa shape index (κ3) is 4.66. The van der Waals surface area contributed by atoms with E-state index in [2.05, 4.69) is 5.32 Å². The number of rotatable bonds is 5. The Bertz CT molecular complexity index is 602. The van der Waals surface area contributed by atoms with Crippen molar-refractivity contribution in [2.24, 2.45) is 0 Å². The maximum Gasteiger partial charge on any atom is 0.416 e. The fourth-order valence-corrected chi connectivity index (χ4v) is 3.64. The van der Waals surface area contributed by atoms with Crippen molar-refractivity contribution in [3.8, 4) is 0 Å². The van der Waals surface area contributed by atoms with Gasteiger partial charge in [0.15, 0.2) is 0 Å². The molecule has 1 aliphatic rings. The van der Waals surface area contributed by atoms with Crippen LogP contribution in [0.4, 0.5) is 13.2 Å². The van der Waals surface area contributed by atoms with Crippen LogP contribution in [0.2, 0.25) is 0 Å². The molecule has 0 aliphatic carbocycles. The Morgan fingerprint density at radius 2 is 1.96 bits per heavy atom. The number of hydrogen-bond donors (Lipinski definition) is 1. The molecular formula is C16H19F3N2O2S. The lowest BCUT2D eigenvalue weighted by atomic mass is 10.1. The Balaban J connectivity index is 2.05. The Kier molecular flexibility index (Phi) is 5.79. The molecular weight excluding hydrogens is 341 g/mol. The first-order valence-electron chi connectivity index (χ1n) is 7.56. The summed E-state index contributed by atoms with van der Waals surface area (Å²) in [5, 5.41) is 2.40. The number of halogens is 3. The van der Waals surface area contributed by atoms with Gasteiger partial charge in [-0.2, -0.15) is 13.2 Å². The highest BCUT2D eigenvalue weighted by atomic mass is 32.2. The standard InChI is InChI=1S/C16H19F3N2O2S/c1-10(2)20-13(22)7-8-21-14(23)9-24-15(21)11-3-5-12(6-4-11)16(17,18)19/h3-6,10,15H,7-9H2,1-2H3,(H,20,22)/t15-/m0/s1. The van der Waals surface area contributed by atoms with Crippen LogP contribution >= 0.6 is 11.8 Å². The molecule has 1 atom stereocenters. The monoisotopic (exact) mass is 360 g/mol. The summed E-state index contributed by atoms with van der Waals surface area (Å²) in [6.07, 6.45) is -4.21. The van der Waals surface area contributed by atoms with Crippen LogP contribution < -0.4 is 5.32 Å². The molecule has 0 radical (unpaired) electrons. The maximum atomic E-state index is 12.6. The van der Waals surface area contributed by atoms with Gasteiger partial charge >= 0.3 is 6.18 Å². The lowest BCUT2D eigenvalue weighted by Crippen LogP contribution is -2.35. The van der Waals surface area contributed by atoms with Crippen molar-refractivity contribution in [1.29, 1.82) is 0 Å². The van der Waals surface area contributed by atoms with Gasteiger partial charge in [-0.3, -0.25) is 9.59 Å². The highest BCUT2D eigenvalue weighted by Gasteiger charge is 2.34. The van der Waals surface area contributed by atoms with Gasteiger partial charge in [0.05, 0.1) is 11.3 Å². The Morgan fingerprint density at radius 3 is 2.50 bits per heavy atom. The third-order valence-electron chi connectivity index (χ3n) is 3.52. The molecule has 2 rings (SSSR count). The average molecular weight is 360 g/mol. The summed E-state index contributed by atoms with van der Waals surface area (Å²) >= 11 is 1.35. The molecule has 1 saturated heterocycles. The van der Waals surface area contributed by atoms with Crippen LogP contribution in [0.1, 0.15) is 36.8 Å². The number of hydrogen-bond acceptors (Lipinski definition) is 3. The zero-order chi connectivity index (χ0) is 17.9. The van der Waals surface area contributed by atoms with Crippen molar-refractivity contribution in [3.05, 3.63) is 35.4 Å². The topological polar surface area (TPSA) is 49.4 Å². The number of benzene rings is 1. The quantitative estimate of drug-likeness (QED) is 0.877. The molecule has 4 nitrogen and oxygen atoms in total. The minimum atomic E-state index is -4.38. The smallest absolute Gasteiger partial charge is 0.354 e. The Labute approximate surface area is 142 Å². The second kappa shape index (κ2) is 7.46. The fourth-order valence-electron chi connectivity index (χ4n) is 2.42. The molecule has 2 amide bonds. The van der Waals surface area contributed by atoms with E-state index in [0.717, 1.165) is 12.1 Å². The van der Waals surface area contributed by atoms with Crippen molar-refractivity contribution < 1.29 is 22.8 Å². The lowest BCUT2D eigenvalue weighted by molar-refractivity contribution is -0.137. The van der Waals surface area contributed by atoms with Crippen LogP contribution in [-0.4, -0.2) is 35.1 Å². The Hall–Kier alpha value is -1.70. The van der Waals surface area contributed by atoms with Gasteiger partial charge in [-0.15, -0.1) is 11.8 Å². The van der Waals surface area contributed by atoms with Crippen LogP contribution in [0.25, 0.3) is 0 Å². The highest BCUT2D eigenvalue weighted by molar-refractivity contribution is 8.00. The molecule has 0 aromatic heterocycles. The summed E-state index contributed by atoms with van der Waals surface area (Å²) < 4.78 is 37.9. The predicted molar refractivity (Wildman–Crippen MR) is 86.3 cm³/mol. The van der Waals surface area contributed by atoms with Crippen molar-refractivity contribution >= 4 is 23.6 Å². The molecule has 132 valence electrons. The molecule has 1 heterocycles. The van der Waals surface area contributed by atoms with Crippen molar-refractivity contribution in [2.45, 2.75) is 37.9 Å². The van der Waals surface area contributed by atoms with E-state index < -0.39 is 11.7 Å². The average Bonchev–Trinajstić information content (AvgIpc) is 2.84. The van der Waals surface area contributed by atoms with Gasteiger partial charge in [0, 0.05) is 19.0 Å². The van der Waals surface area contributed by atoms with Crippen LogP contribution in [0.5, 0.6) is 0 Å². The highest BCUT2D eigenvalue weighted by Crippen LogP contribution is 2.39. The minimum Gasteiger partial charge on any atom is -0.354 e. The number of amides is 2. The molecule has 0 saturated carbocycles. The number of nitrogens with zero attached hydrogens (tertiary/aromatic N) is 1. The van der Waals surface area contributed by atoms with E-state index in [9.17, 15) is 22.8 Å². The van der Waals surface area contributed by atoms with E-state index in [4.69, 9.17) is 0 Å². The van der Waals surface area contributed by atoms with Gasteiger partial charge in [0.2, 0.25) is 11.8 Å². The van der Waals surface area contributed by atoms with Crippen LogP contribution in [0, 0.1) is 0 Å². The van der Waals surface area contributed by atoms with Gasteiger partial charge in [-0.1, -0.05) is 12.1 Å². The zero-order valence-electron chi connectivity index (χ0n) is 13.4. The number of thioether (sulfide) groups is 1. The number of alkyl halides is 3. The summed E-state index contributed by atoms with van der Waals surface area (Å²) in [6.45, 7) is 3.94. The van der Waals surface area contributed by atoms with E-state index in [1.807, 2.05) is 13.8 Å². The van der Waals surface area contributed by atoms with E-state index in [1.165, 1.54) is 23.9 Å². The summed E-state index contributed by atoms with van der Waals surface area (Å²) in [5.74, 6) is 0.000392. The normalized spacial score (nSPS) is 18.3. The second-order valence-electron chi connectivity index (χ2n) is 5.84. The van der Waals surface area contributed by atoms with Crippen molar-refractivity contribution in [2.75, 3.05) is 12.3 Å². The van der Waals surface area contributed by atoms with Crippen LogP contribution in [0.3, 0.4) is 0 Å². The summed E-state index contributed by atoms with van der Waals surface area (Å²) in [5.41, 5.74) is -0.0912.